The van der Waals surface area contributed by atoms with Gasteiger partial charge in [-0.1, -0.05) is 12.1 Å². The maximum absolute atomic E-state index is 12.8. The van der Waals surface area contributed by atoms with Crippen molar-refractivity contribution in [1.82, 2.24) is 9.55 Å². The molecule has 3 rings (SSSR count). The van der Waals surface area contributed by atoms with E-state index in [1.54, 1.807) is 0 Å². The van der Waals surface area contributed by atoms with Crippen LogP contribution in [0.15, 0.2) is 55.0 Å². The van der Waals surface area contributed by atoms with Crippen LogP contribution in [0.3, 0.4) is 0 Å². The van der Waals surface area contributed by atoms with Gasteiger partial charge in [-0.3, -0.25) is 0 Å². The number of alkyl halides is 6. The maximum atomic E-state index is 12.8. The number of halogens is 6. The first-order valence-corrected chi connectivity index (χ1v) is 7.18. The summed E-state index contributed by atoms with van der Waals surface area (Å²) in [6.45, 7) is 0. The van der Waals surface area contributed by atoms with E-state index in [-0.39, 0.29) is 11.4 Å². The summed E-state index contributed by atoms with van der Waals surface area (Å²) in [6.07, 6.45) is -6.57. The van der Waals surface area contributed by atoms with Crippen LogP contribution in [0.25, 0.3) is 16.9 Å². The average Bonchev–Trinajstić information content (AvgIpc) is 3.03. The molecule has 0 bridgehead atoms. The largest absolute Gasteiger partial charge is 0.506 e. The Labute approximate surface area is 143 Å². The molecule has 0 saturated heterocycles. The van der Waals surface area contributed by atoms with Gasteiger partial charge in [0.05, 0.1) is 22.5 Å². The summed E-state index contributed by atoms with van der Waals surface area (Å²) >= 11 is 0. The van der Waals surface area contributed by atoms with Crippen LogP contribution in [-0.2, 0) is 12.4 Å². The highest BCUT2D eigenvalue weighted by Crippen LogP contribution is 2.34. The summed E-state index contributed by atoms with van der Waals surface area (Å²) in [5.41, 5.74) is -1.32. The topological polar surface area (TPSA) is 38.0 Å². The number of phenolic OH excluding ortho intramolecular Hbond substituents is 1. The number of benzene rings is 2. The van der Waals surface area contributed by atoms with Gasteiger partial charge < -0.3 is 9.67 Å². The van der Waals surface area contributed by atoms with Gasteiger partial charge in [0, 0.05) is 11.8 Å². The van der Waals surface area contributed by atoms with Gasteiger partial charge >= 0.3 is 12.4 Å². The molecule has 0 unspecified atom stereocenters. The Morgan fingerprint density at radius 1 is 0.808 bits per heavy atom. The lowest BCUT2D eigenvalue weighted by molar-refractivity contribution is -0.138. The lowest BCUT2D eigenvalue weighted by Gasteiger charge is -2.10. The van der Waals surface area contributed by atoms with E-state index in [2.05, 4.69) is 4.98 Å². The fraction of sp³-hybridized carbons (Fsp3) is 0.118. The van der Waals surface area contributed by atoms with E-state index < -0.39 is 29.2 Å². The first kappa shape index (κ1) is 17.8. The summed E-state index contributed by atoms with van der Waals surface area (Å²) in [5, 5.41) is 9.82. The molecule has 0 aliphatic heterocycles. The SMILES string of the molecule is Oc1ccc(C(F)(F)F)cc1-n1cnc(-c2ccc(C(F)(F)F)cc2)c1. The zero-order valence-corrected chi connectivity index (χ0v) is 12.8. The molecule has 0 amide bonds. The zero-order chi connectivity index (χ0) is 19.1. The molecule has 26 heavy (non-hydrogen) atoms. The number of rotatable bonds is 2. The van der Waals surface area contributed by atoms with Gasteiger partial charge in [0.15, 0.2) is 0 Å². The summed E-state index contributed by atoms with van der Waals surface area (Å²) in [5.74, 6) is -0.394. The summed E-state index contributed by atoms with van der Waals surface area (Å²) < 4.78 is 77.4. The smallest absolute Gasteiger partial charge is 0.416 e. The first-order chi connectivity index (χ1) is 12.1. The summed E-state index contributed by atoms with van der Waals surface area (Å²) in [6, 6.07) is 6.60. The molecule has 0 aliphatic carbocycles. The van der Waals surface area contributed by atoms with Crippen LogP contribution in [0.2, 0.25) is 0 Å². The predicted octanol–water partition coefficient (Wildman–Crippen LogP) is 5.28. The molecule has 0 aliphatic rings. The predicted molar refractivity (Wildman–Crippen MR) is 80.7 cm³/mol. The number of aromatic nitrogens is 2. The Morgan fingerprint density at radius 3 is 1.96 bits per heavy atom. The van der Waals surface area contributed by atoms with Crippen LogP contribution >= 0.6 is 0 Å². The lowest BCUT2D eigenvalue weighted by Crippen LogP contribution is -2.05. The standard InChI is InChI=1S/C17H10F6N2O/c18-16(19,20)11-3-1-10(2-4-11)13-8-25(9-24-13)14-7-12(17(21,22)23)5-6-15(14)26/h1-9,26H. The van der Waals surface area contributed by atoms with E-state index in [0.29, 0.717) is 5.56 Å². The molecule has 0 fully saturated rings. The average molecular weight is 372 g/mol. The quantitative estimate of drug-likeness (QED) is 0.622. The number of hydrogen-bond acceptors (Lipinski definition) is 2. The Morgan fingerprint density at radius 2 is 1.38 bits per heavy atom. The van der Waals surface area contributed by atoms with Crippen molar-refractivity contribution in [3.63, 3.8) is 0 Å². The van der Waals surface area contributed by atoms with E-state index in [1.165, 1.54) is 24.7 Å². The fourth-order valence-electron chi connectivity index (χ4n) is 2.34. The minimum Gasteiger partial charge on any atom is -0.506 e. The first-order valence-electron chi connectivity index (χ1n) is 7.18. The monoisotopic (exact) mass is 372 g/mol. The third-order valence-corrected chi connectivity index (χ3v) is 3.67. The zero-order valence-electron chi connectivity index (χ0n) is 12.8. The highest BCUT2D eigenvalue weighted by Gasteiger charge is 2.31. The number of phenols is 1. The van der Waals surface area contributed by atoms with E-state index in [9.17, 15) is 31.4 Å². The Kier molecular flexibility index (Phi) is 4.17. The van der Waals surface area contributed by atoms with Crippen LogP contribution in [0.4, 0.5) is 26.3 Å². The van der Waals surface area contributed by atoms with Crippen LogP contribution in [0, 0.1) is 0 Å². The van der Waals surface area contributed by atoms with Crippen molar-refractivity contribution >= 4 is 0 Å². The van der Waals surface area contributed by atoms with Crippen molar-refractivity contribution < 1.29 is 31.4 Å². The second-order valence-corrected chi connectivity index (χ2v) is 5.44. The molecular formula is C17H10F6N2O. The van der Waals surface area contributed by atoms with Crippen molar-refractivity contribution in [2.75, 3.05) is 0 Å². The van der Waals surface area contributed by atoms with Crippen molar-refractivity contribution in [1.29, 1.82) is 0 Å². The van der Waals surface area contributed by atoms with E-state index in [1.807, 2.05) is 0 Å². The van der Waals surface area contributed by atoms with Crippen LogP contribution in [0.5, 0.6) is 5.75 Å². The van der Waals surface area contributed by atoms with Gasteiger partial charge in [0.2, 0.25) is 0 Å². The van der Waals surface area contributed by atoms with Gasteiger partial charge in [0.1, 0.15) is 12.1 Å². The molecule has 136 valence electrons. The summed E-state index contributed by atoms with van der Waals surface area (Å²) in [7, 11) is 0. The normalized spacial score (nSPS) is 12.4. The van der Waals surface area contributed by atoms with Gasteiger partial charge in [0.25, 0.3) is 0 Å². The summed E-state index contributed by atoms with van der Waals surface area (Å²) in [4.78, 5) is 3.98. The Hall–Kier alpha value is -2.97. The minimum absolute atomic E-state index is 0.148. The number of nitrogens with zero attached hydrogens (tertiary/aromatic N) is 2. The Balaban J connectivity index is 1.96. The number of imidazole rings is 1. The molecule has 0 saturated carbocycles. The molecular weight excluding hydrogens is 362 g/mol. The van der Waals surface area contributed by atoms with Crippen molar-refractivity contribution in [2.24, 2.45) is 0 Å². The molecule has 0 spiro atoms. The van der Waals surface area contributed by atoms with Crippen molar-refractivity contribution in [3.8, 4) is 22.7 Å². The van der Waals surface area contributed by atoms with E-state index in [0.717, 1.165) is 34.9 Å². The van der Waals surface area contributed by atoms with Gasteiger partial charge in [-0.25, -0.2) is 4.98 Å². The van der Waals surface area contributed by atoms with E-state index >= 15 is 0 Å². The second kappa shape index (κ2) is 6.08. The number of aromatic hydroxyl groups is 1. The maximum Gasteiger partial charge on any atom is 0.416 e. The highest BCUT2D eigenvalue weighted by molar-refractivity contribution is 5.60. The molecule has 9 heteroatoms. The fourth-order valence-corrected chi connectivity index (χ4v) is 2.34. The second-order valence-electron chi connectivity index (χ2n) is 5.44. The third kappa shape index (κ3) is 3.51. The lowest BCUT2D eigenvalue weighted by atomic mass is 10.1. The van der Waals surface area contributed by atoms with Gasteiger partial charge in [-0.05, 0) is 30.3 Å². The third-order valence-electron chi connectivity index (χ3n) is 3.67. The highest BCUT2D eigenvalue weighted by atomic mass is 19.4. The van der Waals surface area contributed by atoms with E-state index in [4.69, 9.17) is 0 Å². The van der Waals surface area contributed by atoms with Crippen molar-refractivity contribution in [2.45, 2.75) is 12.4 Å². The molecule has 0 radical (unpaired) electrons. The minimum atomic E-state index is -4.58. The van der Waals surface area contributed by atoms with Crippen LogP contribution in [0.1, 0.15) is 11.1 Å². The molecule has 1 heterocycles. The van der Waals surface area contributed by atoms with Gasteiger partial charge in [-0.2, -0.15) is 26.3 Å². The Bertz CT molecular complexity index is 926. The number of hydrogen-bond donors (Lipinski definition) is 1. The molecule has 1 N–H and O–H groups in total. The molecule has 1 aromatic heterocycles. The molecule has 2 aromatic carbocycles. The van der Waals surface area contributed by atoms with Crippen molar-refractivity contribution in [3.05, 3.63) is 66.1 Å². The van der Waals surface area contributed by atoms with Crippen LogP contribution < -0.4 is 0 Å². The molecule has 3 nitrogen and oxygen atoms in total. The molecule has 0 atom stereocenters. The van der Waals surface area contributed by atoms with Crippen LogP contribution in [-0.4, -0.2) is 14.7 Å². The van der Waals surface area contributed by atoms with Gasteiger partial charge in [-0.15, -0.1) is 0 Å². The molecule has 3 aromatic rings.